The monoisotopic (exact) mass is 491 g/mol. The van der Waals surface area contributed by atoms with Gasteiger partial charge in [-0.2, -0.15) is 0 Å². The molecule has 0 saturated carbocycles. The highest BCUT2D eigenvalue weighted by molar-refractivity contribution is 8.00. The van der Waals surface area contributed by atoms with Gasteiger partial charge in [0.2, 0.25) is 0 Å². The van der Waals surface area contributed by atoms with Crippen molar-refractivity contribution in [1.29, 1.82) is 0 Å². The van der Waals surface area contributed by atoms with Crippen LogP contribution >= 0.6 is 11.8 Å². The van der Waals surface area contributed by atoms with Crippen LogP contribution in [0, 0.1) is 17.8 Å². The molecule has 0 saturated heterocycles. The summed E-state index contributed by atoms with van der Waals surface area (Å²) < 4.78 is 17.7. The largest absolute Gasteiger partial charge is 0.256 e. The van der Waals surface area contributed by atoms with Gasteiger partial charge in [-0.1, -0.05) is 95.3 Å². The Bertz CT molecular complexity index is 1790. The SMILES string of the molecule is [2H]c1nc2c3c(cc4c(CC(C)(C)C)cccc4c3c1[2H])Sc1c-2cc2cc(C)ccc2c1CC(C)(C)C. The van der Waals surface area contributed by atoms with Crippen molar-refractivity contribution in [3.63, 3.8) is 0 Å². The van der Waals surface area contributed by atoms with Crippen molar-refractivity contribution < 1.29 is 2.74 Å². The highest BCUT2D eigenvalue weighted by Gasteiger charge is 2.28. The molecule has 0 fully saturated rings. The van der Waals surface area contributed by atoms with Gasteiger partial charge in [0.1, 0.15) is 0 Å². The van der Waals surface area contributed by atoms with Crippen molar-refractivity contribution in [3.8, 4) is 11.3 Å². The van der Waals surface area contributed by atoms with Crippen LogP contribution in [0.2, 0.25) is 0 Å². The van der Waals surface area contributed by atoms with Crippen molar-refractivity contribution in [2.45, 2.75) is 71.1 Å². The number of aryl methyl sites for hydroxylation is 1. The van der Waals surface area contributed by atoms with E-state index >= 15 is 0 Å². The molecule has 1 aliphatic rings. The second kappa shape index (κ2) is 8.08. The molecule has 0 aliphatic carbocycles. The molecule has 0 bridgehead atoms. The van der Waals surface area contributed by atoms with E-state index in [2.05, 4.69) is 97.0 Å². The number of rotatable bonds is 2. The first-order valence-electron chi connectivity index (χ1n) is 13.9. The summed E-state index contributed by atoms with van der Waals surface area (Å²) in [7, 11) is 0. The normalized spacial score (nSPS) is 14.3. The molecular weight excluding hydrogens is 454 g/mol. The molecule has 4 aromatic carbocycles. The van der Waals surface area contributed by atoms with Gasteiger partial charge in [0.15, 0.2) is 0 Å². The summed E-state index contributed by atoms with van der Waals surface area (Å²) in [6, 6.07) is 18.0. The zero-order chi connectivity index (χ0) is 27.1. The van der Waals surface area contributed by atoms with Gasteiger partial charge in [-0.3, -0.25) is 4.98 Å². The van der Waals surface area contributed by atoms with Crippen LogP contribution in [0.25, 0.3) is 43.6 Å². The highest BCUT2D eigenvalue weighted by Crippen LogP contribution is 2.52. The summed E-state index contributed by atoms with van der Waals surface area (Å²) in [6.07, 6.45) is 1.95. The molecule has 5 aromatic rings. The quantitative estimate of drug-likeness (QED) is 0.223. The fourth-order valence-corrected chi connectivity index (χ4v) is 6.98. The molecule has 6 rings (SSSR count). The summed E-state index contributed by atoms with van der Waals surface area (Å²) in [4.78, 5) is 7.20. The molecule has 0 radical (unpaired) electrons. The van der Waals surface area contributed by atoms with Gasteiger partial charge in [-0.25, -0.2) is 0 Å². The molecule has 0 spiro atoms. The first-order chi connectivity index (χ1) is 17.8. The first kappa shape index (κ1) is 21.3. The standard InChI is InChI=1S/C34H35NS/c1-20-11-12-23-22(15-20)16-27-31-30-25(13-14-35-31)24-10-8-9-21(18-33(2,3)4)26(24)17-29(30)36-32(27)28(23)19-34(5,6)7/h8-17H,18-19H2,1-7H3/i13D,14D. The van der Waals surface area contributed by atoms with E-state index in [0.29, 0.717) is 0 Å². The fourth-order valence-electron chi connectivity index (χ4n) is 5.71. The predicted molar refractivity (Wildman–Crippen MR) is 157 cm³/mol. The van der Waals surface area contributed by atoms with E-state index < -0.39 is 0 Å². The van der Waals surface area contributed by atoms with Crippen LogP contribution in [-0.4, -0.2) is 4.98 Å². The van der Waals surface area contributed by atoms with Crippen LogP contribution in [0.5, 0.6) is 0 Å². The number of aromatic nitrogens is 1. The molecular formula is C34H35NS. The minimum atomic E-state index is 0.0479. The maximum absolute atomic E-state index is 8.96. The van der Waals surface area contributed by atoms with Gasteiger partial charge in [-0.15, -0.1) is 0 Å². The van der Waals surface area contributed by atoms with E-state index in [1.807, 2.05) is 11.8 Å². The highest BCUT2D eigenvalue weighted by atomic mass is 32.2. The third-order valence-electron chi connectivity index (χ3n) is 7.07. The lowest BCUT2D eigenvalue weighted by molar-refractivity contribution is 0.410. The van der Waals surface area contributed by atoms with Gasteiger partial charge >= 0.3 is 0 Å². The summed E-state index contributed by atoms with van der Waals surface area (Å²) in [5, 5.41) is 6.66. The number of fused-ring (bicyclic) bond motifs is 5. The first-order valence-corrected chi connectivity index (χ1v) is 13.7. The molecule has 0 amide bonds. The minimum Gasteiger partial charge on any atom is -0.256 e. The Morgan fingerprint density at radius 1 is 0.833 bits per heavy atom. The molecule has 2 heterocycles. The lowest BCUT2D eigenvalue weighted by Crippen LogP contribution is -2.12. The smallest absolute Gasteiger partial charge is 0.0840 e. The van der Waals surface area contributed by atoms with E-state index in [9.17, 15) is 0 Å². The molecule has 0 unspecified atom stereocenters. The van der Waals surface area contributed by atoms with Gasteiger partial charge in [0.05, 0.1) is 8.44 Å². The van der Waals surface area contributed by atoms with Crippen molar-refractivity contribution in [2.75, 3.05) is 0 Å². The van der Waals surface area contributed by atoms with Crippen molar-refractivity contribution in [2.24, 2.45) is 10.8 Å². The molecule has 2 heteroatoms. The van der Waals surface area contributed by atoms with Crippen LogP contribution in [0.4, 0.5) is 0 Å². The number of hydrogen-bond acceptors (Lipinski definition) is 2. The molecule has 36 heavy (non-hydrogen) atoms. The van der Waals surface area contributed by atoms with Gasteiger partial charge in [0, 0.05) is 26.9 Å². The number of nitrogens with zero attached hydrogens (tertiary/aromatic N) is 1. The van der Waals surface area contributed by atoms with Crippen LogP contribution < -0.4 is 0 Å². The molecule has 1 nitrogen and oxygen atoms in total. The Morgan fingerprint density at radius 3 is 2.36 bits per heavy atom. The Kier molecular flexibility index (Phi) is 4.77. The Hall–Kier alpha value is -2.84. The van der Waals surface area contributed by atoms with E-state index in [1.165, 1.54) is 37.7 Å². The van der Waals surface area contributed by atoms with Crippen LogP contribution in [0.15, 0.2) is 70.5 Å². The Balaban J connectivity index is 1.76. The maximum atomic E-state index is 8.96. The van der Waals surface area contributed by atoms with Crippen molar-refractivity contribution in [3.05, 3.63) is 77.4 Å². The summed E-state index contributed by atoms with van der Waals surface area (Å²) in [5.74, 6) is 0. The van der Waals surface area contributed by atoms with Crippen molar-refractivity contribution in [1.82, 2.24) is 4.98 Å². The second-order valence-electron chi connectivity index (χ2n) is 12.9. The Morgan fingerprint density at radius 2 is 1.61 bits per heavy atom. The Labute approximate surface area is 222 Å². The van der Waals surface area contributed by atoms with E-state index in [0.717, 1.165) is 45.2 Å². The summed E-state index contributed by atoms with van der Waals surface area (Å²) in [6.45, 7) is 15.9. The molecule has 1 aliphatic heterocycles. The number of hydrogen-bond donors (Lipinski definition) is 0. The molecule has 0 atom stereocenters. The van der Waals surface area contributed by atoms with Crippen LogP contribution in [-0.2, 0) is 12.8 Å². The molecule has 182 valence electrons. The maximum Gasteiger partial charge on any atom is 0.0840 e. The van der Waals surface area contributed by atoms with Crippen LogP contribution in [0.1, 0.15) is 61.0 Å². The van der Waals surface area contributed by atoms with Gasteiger partial charge in [-0.05, 0) is 86.8 Å². The summed E-state index contributed by atoms with van der Waals surface area (Å²) in [5.41, 5.74) is 6.11. The molecule has 1 aromatic heterocycles. The van der Waals surface area contributed by atoms with Crippen LogP contribution in [0.3, 0.4) is 0 Å². The average Bonchev–Trinajstić information content (AvgIpc) is 2.80. The van der Waals surface area contributed by atoms with Crippen molar-refractivity contribution >= 4 is 44.1 Å². The fraction of sp³-hybridized carbons (Fsp3) is 0.324. The second-order valence-corrected chi connectivity index (χ2v) is 13.9. The lowest BCUT2D eigenvalue weighted by atomic mass is 9.84. The number of benzene rings is 4. The third-order valence-corrected chi connectivity index (χ3v) is 8.28. The third kappa shape index (κ3) is 4.00. The molecule has 0 N–H and O–H groups in total. The lowest BCUT2D eigenvalue weighted by Gasteiger charge is -2.28. The topological polar surface area (TPSA) is 12.9 Å². The van der Waals surface area contributed by atoms with E-state index in [4.69, 9.17) is 7.73 Å². The average molecular weight is 492 g/mol. The van der Waals surface area contributed by atoms with Gasteiger partial charge < -0.3 is 0 Å². The predicted octanol–water partition coefficient (Wildman–Crippen LogP) is 10.2. The van der Waals surface area contributed by atoms with E-state index in [-0.39, 0.29) is 23.0 Å². The zero-order valence-corrected chi connectivity index (χ0v) is 23.2. The summed E-state index contributed by atoms with van der Waals surface area (Å²) >= 11 is 1.83. The minimum absolute atomic E-state index is 0.0479. The number of pyridine rings is 1. The van der Waals surface area contributed by atoms with E-state index in [1.54, 1.807) is 0 Å². The van der Waals surface area contributed by atoms with Gasteiger partial charge in [0.25, 0.3) is 0 Å². The zero-order valence-electron chi connectivity index (χ0n) is 24.4.